The van der Waals surface area contributed by atoms with Crippen molar-refractivity contribution in [3.8, 4) is 11.3 Å². The van der Waals surface area contributed by atoms with Gasteiger partial charge in [0.2, 0.25) is 0 Å². The molecule has 9 heteroatoms. The molecule has 0 unspecified atom stereocenters. The van der Waals surface area contributed by atoms with Crippen LogP contribution in [-0.4, -0.2) is 60.5 Å². The van der Waals surface area contributed by atoms with Gasteiger partial charge in [0.1, 0.15) is 11.6 Å². The number of hydrogen-bond donors (Lipinski definition) is 0. The molecule has 0 spiro atoms. The Morgan fingerprint density at radius 3 is 2.54 bits per heavy atom. The SMILES string of the molecule is Cc1cc(N2CCN(c3cncc(-c4cnn(C)c4)n3)CC2)n2nccc2n1. The third-order valence-corrected chi connectivity index (χ3v) is 5.02. The summed E-state index contributed by atoms with van der Waals surface area (Å²) in [5, 5.41) is 8.65. The zero-order valence-electron chi connectivity index (χ0n) is 15.9. The van der Waals surface area contributed by atoms with Crippen LogP contribution in [0.25, 0.3) is 16.9 Å². The van der Waals surface area contributed by atoms with Crippen LogP contribution >= 0.6 is 0 Å². The van der Waals surface area contributed by atoms with Crippen molar-refractivity contribution < 1.29 is 0 Å². The van der Waals surface area contributed by atoms with Crippen LogP contribution in [0.3, 0.4) is 0 Å². The minimum Gasteiger partial charge on any atom is -0.353 e. The van der Waals surface area contributed by atoms with Crippen molar-refractivity contribution in [1.82, 2.24) is 34.3 Å². The van der Waals surface area contributed by atoms with Gasteiger partial charge in [-0.05, 0) is 6.92 Å². The largest absolute Gasteiger partial charge is 0.353 e. The Morgan fingerprint density at radius 2 is 1.75 bits per heavy atom. The van der Waals surface area contributed by atoms with Gasteiger partial charge in [-0.15, -0.1) is 0 Å². The highest BCUT2D eigenvalue weighted by molar-refractivity contribution is 5.59. The number of fused-ring (bicyclic) bond motifs is 1. The normalized spacial score (nSPS) is 14.8. The molecule has 1 aliphatic rings. The number of anilines is 2. The lowest BCUT2D eigenvalue weighted by Crippen LogP contribution is -2.47. The summed E-state index contributed by atoms with van der Waals surface area (Å²) < 4.78 is 3.68. The third kappa shape index (κ3) is 2.94. The molecule has 4 aromatic rings. The van der Waals surface area contributed by atoms with E-state index in [0.717, 1.165) is 60.4 Å². The molecule has 1 aliphatic heterocycles. The van der Waals surface area contributed by atoms with Crippen LogP contribution in [0.5, 0.6) is 0 Å². The first kappa shape index (κ1) is 16.7. The van der Waals surface area contributed by atoms with Gasteiger partial charge in [0.05, 0.1) is 30.5 Å². The molecule has 1 fully saturated rings. The molecule has 0 aromatic carbocycles. The first-order valence-corrected chi connectivity index (χ1v) is 9.30. The summed E-state index contributed by atoms with van der Waals surface area (Å²) in [6, 6.07) is 4.03. The molecule has 0 amide bonds. The Kier molecular flexibility index (Phi) is 3.92. The van der Waals surface area contributed by atoms with Crippen molar-refractivity contribution in [3.63, 3.8) is 0 Å². The minimum absolute atomic E-state index is 0.844. The Bertz CT molecular complexity index is 1120. The monoisotopic (exact) mass is 375 g/mol. The van der Waals surface area contributed by atoms with Crippen molar-refractivity contribution in [3.05, 3.63) is 48.8 Å². The van der Waals surface area contributed by atoms with E-state index in [1.807, 2.05) is 43.1 Å². The summed E-state index contributed by atoms with van der Waals surface area (Å²) in [7, 11) is 1.90. The number of nitrogens with zero attached hydrogens (tertiary/aromatic N) is 9. The number of aromatic nitrogens is 7. The highest BCUT2D eigenvalue weighted by Crippen LogP contribution is 2.22. The second-order valence-corrected chi connectivity index (χ2v) is 7.00. The van der Waals surface area contributed by atoms with E-state index in [2.05, 4.69) is 36.0 Å². The maximum Gasteiger partial charge on any atom is 0.157 e. The second kappa shape index (κ2) is 6.59. The fourth-order valence-corrected chi connectivity index (χ4v) is 3.61. The van der Waals surface area contributed by atoms with E-state index < -0.39 is 0 Å². The fraction of sp³-hybridized carbons (Fsp3) is 0.316. The summed E-state index contributed by atoms with van der Waals surface area (Å²) in [6.07, 6.45) is 9.17. The van der Waals surface area contributed by atoms with E-state index in [1.54, 1.807) is 17.1 Å². The molecule has 0 aliphatic carbocycles. The number of hydrogen-bond acceptors (Lipinski definition) is 7. The molecule has 0 N–H and O–H groups in total. The lowest BCUT2D eigenvalue weighted by molar-refractivity contribution is 0.632. The number of piperazine rings is 1. The quantitative estimate of drug-likeness (QED) is 0.537. The average molecular weight is 375 g/mol. The first-order valence-electron chi connectivity index (χ1n) is 9.30. The van der Waals surface area contributed by atoms with Crippen LogP contribution in [0.2, 0.25) is 0 Å². The van der Waals surface area contributed by atoms with Crippen molar-refractivity contribution in [2.45, 2.75) is 6.92 Å². The summed E-state index contributed by atoms with van der Waals surface area (Å²) in [6.45, 7) is 5.53. The Hall–Kier alpha value is -3.49. The smallest absolute Gasteiger partial charge is 0.157 e. The zero-order valence-corrected chi connectivity index (χ0v) is 15.9. The van der Waals surface area contributed by atoms with E-state index >= 15 is 0 Å². The summed E-state index contributed by atoms with van der Waals surface area (Å²) in [5.41, 5.74) is 3.70. The fourth-order valence-electron chi connectivity index (χ4n) is 3.61. The minimum atomic E-state index is 0.844. The molecular formula is C19H21N9. The standard InChI is InChI=1S/C19H21N9/c1-14-9-19(28-17(23-14)3-4-21-28)27-7-5-26(6-8-27)18-12-20-11-16(24-18)15-10-22-25(2)13-15/h3-4,9-13H,5-8H2,1-2H3. The molecule has 28 heavy (non-hydrogen) atoms. The van der Waals surface area contributed by atoms with Gasteiger partial charge < -0.3 is 9.80 Å². The predicted molar refractivity (Wildman–Crippen MR) is 106 cm³/mol. The summed E-state index contributed by atoms with van der Waals surface area (Å²) in [5.74, 6) is 1.98. The zero-order chi connectivity index (χ0) is 19.1. The van der Waals surface area contributed by atoms with E-state index in [1.165, 1.54) is 0 Å². The van der Waals surface area contributed by atoms with E-state index in [-0.39, 0.29) is 0 Å². The molecule has 1 saturated heterocycles. The van der Waals surface area contributed by atoms with E-state index in [0.29, 0.717) is 0 Å². The maximum atomic E-state index is 4.80. The Morgan fingerprint density at radius 1 is 0.929 bits per heavy atom. The molecule has 0 atom stereocenters. The lowest BCUT2D eigenvalue weighted by atomic mass is 10.2. The third-order valence-electron chi connectivity index (χ3n) is 5.02. The molecule has 0 saturated carbocycles. The van der Waals surface area contributed by atoms with Gasteiger partial charge in [0.15, 0.2) is 5.65 Å². The number of aryl methyl sites for hydroxylation is 2. The Balaban J connectivity index is 1.35. The number of rotatable bonds is 3. The highest BCUT2D eigenvalue weighted by atomic mass is 15.4. The molecule has 5 heterocycles. The molecule has 0 radical (unpaired) electrons. The molecular weight excluding hydrogens is 354 g/mol. The topological polar surface area (TPSA) is 80.3 Å². The molecule has 4 aromatic heterocycles. The molecule has 142 valence electrons. The van der Waals surface area contributed by atoms with Gasteiger partial charge in [0, 0.05) is 62.8 Å². The molecule has 9 nitrogen and oxygen atoms in total. The van der Waals surface area contributed by atoms with Gasteiger partial charge in [-0.2, -0.15) is 14.7 Å². The van der Waals surface area contributed by atoms with E-state index in [4.69, 9.17) is 4.98 Å². The van der Waals surface area contributed by atoms with Crippen molar-refractivity contribution in [2.75, 3.05) is 36.0 Å². The Labute approximate surface area is 162 Å². The van der Waals surface area contributed by atoms with E-state index in [9.17, 15) is 0 Å². The van der Waals surface area contributed by atoms with Gasteiger partial charge >= 0.3 is 0 Å². The summed E-state index contributed by atoms with van der Waals surface area (Å²) in [4.78, 5) is 18.3. The van der Waals surface area contributed by atoms with Gasteiger partial charge in [-0.25, -0.2) is 9.97 Å². The van der Waals surface area contributed by atoms with Crippen LogP contribution in [0.15, 0.2) is 43.1 Å². The maximum absolute atomic E-state index is 4.80. The van der Waals surface area contributed by atoms with Crippen LogP contribution in [0.1, 0.15) is 5.69 Å². The highest BCUT2D eigenvalue weighted by Gasteiger charge is 2.21. The van der Waals surface area contributed by atoms with Crippen LogP contribution in [-0.2, 0) is 7.05 Å². The second-order valence-electron chi connectivity index (χ2n) is 7.00. The summed E-state index contributed by atoms with van der Waals surface area (Å²) >= 11 is 0. The van der Waals surface area contributed by atoms with Crippen LogP contribution < -0.4 is 9.80 Å². The van der Waals surface area contributed by atoms with Crippen molar-refractivity contribution in [2.24, 2.45) is 7.05 Å². The molecule has 0 bridgehead atoms. The van der Waals surface area contributed by atoms with Crippen molar-refractivity contribution in [1.29, 1.82) is 0 Å². The van der Waals surface area contributed by atoms with Crippen LogP contribution in [0.4, 0.5) is 11.6 Å². The van der Waals surface area contributed by atoms with Gasteiger partial charge in [-0.3, -0.25) is 9.67 Å². The van der Waals surface area contributed by atoms with Gasteiger partial charge in [-0.1, -0.05) is 0 Å². The van der Waals surface area contributed by atoms with Crippen molar-refractivity contribution >= 4 is 17.3 Å². The average Bonchev–Trinajstić information content (AvgIpc) is 3.36. The molecule has 5 rings (SSSR count). The lowest BCUT2D eigenvalue weighted by Gasteiger charge is -2.36. The first-order chi connectivity index (χ1) is 13.7. The predicted octanol–water partition coefficient (Wildman–Crippen LogP) is 1.55. The van der Waals surface area contributed by atoms with Crippen LogP contribution in [0, 0.1) is 6.92 Å². The van der Waals surface area contributed by atoms with Gasteiger partial charge in [0.25, 0.3) is 0 Å².